The molecule has 22 heavy (non-hydrogen) atoms. The van der Waals surface area contributed by atoms with E-state index in [4.69, 9.17) is 0 Å². The summed E-state index contributed by atoms with van der Waals surface area (Å²) in [4.78, 5) is 23.5. The predicted octanol–water partition coefficient (Wildman–Crippen LogP) is 0.794. The first kappa shape index (κ1) is 15.2. The number of nitrogens with one attached hydrogen (secondary N) is 2. The molecule has 1 saturated carbocycles. The molecular weight excluding hydrogens is 278 g/mol. The number of carbonyl (C=O) groups is 1. The van der Waals surface area contributed by atoms with Crippen molar-refractivity contribution in [3.8, 4) is 0 Å². The van der Waals surface area contributed by atoms with Gasteiger partial charge in [-0.25, -0.2) is 9.97 Å². The molecular formula is C16H25N5O. The van der Waals surface area contributed by atoms with E-state index < -0.39 is 0 Å². The second kappa shape index (κ2) is 6.60. The SMILES string of the molecule is CCCc1cnc(C)nc1N1CCN[C@H](C(=O)NC2CC2)C1. The largest absolute Gasteiger partial charge is 0.353 e. The van der Waals surface area contributed by atoms with Crippen LogP contribution in [0, 0.1) is 6.92 Å². The Kier molecular flexibility index (Phi) is 4.57. The molecule has 2 aliphatic rings. The van der Waals surface area contributed by atoms with E-state index in [0.717, 1.165) is 50.4 Å². The molecule has 1 atom stereocenters. The van der Waals surface area contributed by atoms with Crippen LogP contribution < -0.4 is 15.5 Å². The number of piperazine rings is 1. The number of rotatable bonds is 5. The summed E-state index contributed by atoms with van der Waals surface area (Å²) in [6, 6.07) is 0.251. The summed E-state index contributed by atoms with van der Waals surface area (Å²) >= 11 is 0. The highest BCUT2D eigenvalue weighted by Gasteiger charge is 2.31. The highest BCUT2D eigenvalue weighted by atomic mass is 16.2. The fraction of sp³-hybridized carbons (Fsp3) is 0.688. The Labute approximate surface area is 131 Å². The van der Waals surface area contributed by atoms with Gasteiger partial charge < -0.3 is 15.5 Å². The van der Waals surface area contributed by atoms with Crippen molar-refractivity contribution >= 4 is 11.7 Å². The van der Waals surface area contributed by atoms with Gasteiger partial charge in [0.05, 0.1) is 0 Å². The third-order valence-electron chi connectivity index (χ3n) is 4.20. The van der Waals surface area contributed by atoms with E-state index in [1.54, 1.807) is 0 Å². The van der Waals surface area contributed by atoms with Gasteiger partial charge >= 0.3 is 0 Å². The van der Waals surface area contributed by atoms with Crippen LogP contribution in [0.15, 0.2) is 6.20 Å². The quantitative estimate of drug-likeness (QED) is 0.842. The normalized spacial score (nSPS) is 21.7. The first-order valence-electron chi connectivity index (χ1n) is 8.28. The topological polar surface area (TPSA) is 70.2 Å². The van der Waals surface area contributed by atoms with E-state index in [0.29, 0.717) is 12.6 Å². The lowest BCUT2D eigenvalue weighted by Crippen LogP contribution is -2.57. The van der Waals surface area contributed by atoms with Gasteiger partial charge in [0.15, 0.2) is 0 Å². The van der Waals surface area contributed by atoms with E-state index in [1.807, 2.05) is 13.1 Å². The number of amides is 1. The van der Waals surface area contributed by atoms with E-state index in [-0.39, 0.29) is 11.9 Å². The number of hydrogen-bond donors (Lipinski definition) is 2. The Hall–Kier alpha value is -1.69. The zero-order valence-corrected chi connectivity index (χ0v) is 13.4. The molecule has 0 bridgehead atoms. The monoisotopic (exact) mass is 303 g/mol. The van der Waals surface area contributed by atoms with Crippen LogP contribution in [0.2, 0.25) is 0 Å². The molecule has 0 radical (unpaired) electrons. The van der Waals surface area contributed by atoms with Gasteiger partial charge in [0.2, 0.25) is 5.91 Å². The average Bonchev–Trinajstić information content (AvgIpc) is 3.33. The van der Waals surface area contributed by atoms with Gasteiger partial charge in [-0.1, -0.05) is 13.3 Å². The Morgan fingerprint density at radius 1 is 1.50 bits per heavy atom. The lowest BCUT2D eigenvalue weighted by molar-refractivity contribution is -0.123. The summed E-state index contributed by atoms with van der Waals surface area (Å²) in [6.45, 7) is 6.43. The van der Waals surface area contributed by atoms with Crippen LogP contribution in [0.1, 0.15) is 37.6 Å². The standard InChI is InChI=1S/C16H25N5O/c1-3-4-12-9-18-11(2)19-15(12)21-8-7-17-14(10-21)16(22)20-13-5-6-13/h9,13-14,17H,3-8,10H2,1-2H3,(H,20,22)/t14-/m0/s1. The van der Waals surface area contributed by atoms with Crippen molar-refractivity contribution in [1.82, 2.24) is 20.6 Å². The third kappa shape index (κ3) is 3.55. The van der Waals surface area contributed by atoms with Gasteiger partial charge in [0.1, 0.15) is 17.7 Å². The number of carbonyl (C=O) groups excluding carboxylic acids is 1. The first-order chi connectivity index (χ1) is 10.7. The third-order valence-corrected chi connectivity index (χ3v) is 4.20. The Morgan fingerprint density at radius 3 is 3.05 bits per heavy atom. The van der Waals surface area contributed by atoms with E-state index in [1.165, 1.54) is 5.56 Å². The second-order valence-corrected chi connectivity index (χ2v) is 6.25. The Bertz CT molecular complexity index is 543. The maximum atomic E-state index is 12.3. The molecule has 2 N–H and O–H groups in total. The zero-order chi connectivity index (χ0) is 15.5. The Morgan fingerprint density at radius 2 is 2.32 bits per heavy atom. The smallest absolute Gasteiger partial charge is 0.239 e. The summed E-state index contributed by atoms with van der Waals surface area (Å²) in [7, 11) is 0. The minimum absolute atomic E-state index is 0.120. The summed E-state index contributed by atoms with van der Waals surface area (Å²) in [5, 5.41) is 6.41. The molecule has 3 rings (SSSR count). The number of nitrogens with zero attached hydrogens (tertiary/aromatic N) is 3. The van der Waals surface area contributed by atoms with Crippen LogP contribution in [0.25, 0.3) is 0 Å². The lowest BCUT2D eigenvalue weighted by Gasteiger charge is -2.34. The first-order valence-corrected chi connectivity index (χ1v) is 8.28. The van der Waals surface area contributed by atoms with Crippen LogP contribution in [-0.4, -0.2) is 47.6 Å². The van der Waals surface area contributed by atoms with Crippen molar-refractivity contribution in [2.75, 3.05) is 24.5 Å². The van der Waals surface area contributed by atoms with E-state index in [9.17, 15) is 4.79 Å². The molecule has 1 aromatic heterocycles. The molecule has 1 aliphatic heterocycles. The zero-order valence-electron chi connectivity index (χ0n) is 13.4. The van der Waals surface area contributed by atoms with Gasteiger partial charge in [-0.2, -0.15) is 0 Å². The second-order valence-electron chi connectivity index (χ2n) is 6.25. The van der Waals surface area contributed by atoms with Crippen LogP contribution in [0.4, 0.5) is 5.82 Å². The molecule has 1 aliphatic carbocycles. The summed E-state index contributed by atoms with van der Waals surface area (Å²) in [6.07, 6.45) is 6.21. The Balaban J connectivity index is 1.73. The summed E-state index contributed by atoms with van der Waals surface area (Å²) < 4.78 is 0. The van der Waals surface area contributed by atoms with Gasteiger partial charge in [0, 0.05) is 37.4 Å². The minimum atomic E-state index is -0.154. The van der Waals surface area contributed by atoms with Crippen molar-refractivity contribution < 1.29 is 4.79 Å². The van der Waals surface area contributed by atoms with Crippen LogP contribution >= 0.6 is 0 Å². The molecule has 6 heteroatoms. The fourth-order valence-electron chi connectivity index (χ4n) is 2.85. The molecule has 120 valence electrons. The van der Waals surface area contributed by atoms with Crippen molar-refractivity contribution in [1.29, 1.82) is 0 Å². The van der Waals surface area contributed by atoms with E-state index in [2.05, 4.69) is 32.4 Å². The number of hydrogen-bond acceptors (Lipinski definition) is 5. The molecule has 0 unspecified atom stereocenters. The summed E-state index contributed by atoms with van der Waals surface area (Å²) in [5.41, 5.74) is 1.18. The summed E-state index contributed by atoms with van der Waals surface area (Å²) in [5.74, 6) is 1.91. The molecule has 2 fully saturated rings. The molecule has 1 amide bonds. The molecule has 1 saturated heterocycles. The van der Waals surface area contributed by atoms with Gasteiger partial charge in [-0.05, 0) is 26.2 Å². The maximum absolute atomic E-state index is 12.3. The van der Waals surface area contributed by atoms with E-state index >= 15 is 0 Å². The van der Waals surface area contributed by atoms with Crippen molar-refractivity contribution in [3.63, 3.8) is 0 Å². The fourth-order valence-corrected chi connectivity index (χ4v) is 2.85. The predicted molar refractivity (Wildman–Crippen MR) is 85.9 cm³/mol. The molecule has 0 aromatic carbocycles. The van der Waals surface area contributed by atoms with Crippen molar-refractivity contribution in [2.24, 2.45) is 0 Å². The number of aromatic nitrogens is 2. The average molecular weight is 303 g/mol. The highest BCUT2D eigenvalue weighted by Crippen LogP contribution is 2.22. The van der Waals surface area contributed by atoms with Gasteiger partial charge in [-0.15, -0.1) is 0 Å². The molecule has 6 nitrogen and oxygen atoms in total. The number of anilines is 1. The van der Waals surface area contributed by atoms with Gasteiger partial charge in [0.25, 0.3) is 0 Å². The van der Waals surface area contributed by atoms with Crippen LogP contribution in [-0.2, 0) is 11.2 Å². The maximum Gasteiger partial charge on any atom is 0.239 e. The van der Waals surface area contributed by atoms with Crippen LogP contribution in [0.5, 0.6) is 0 Å². The van der Waals surface area contributed by atoms with Gasteiger partial charge in [-0.3, -0.25) is 4.79 Å². The van der Waals surface area contributed by atoms with Crippen molar-refractivity contribution in [2.45, 2.75) is 51.6 Å². The number of aryl methyl sites for hydroxylation is 2. The minimum Gasteiger partial charge on any atom is -0.353 e. The lowest BCUT2D eigenvalue weighted by atomic mass is 10.1. The molecule has 2 heterocycles. The highest BCUT2D eigenvalue weighted by molar-refractivity contribution is 5.83. The van der Waals surface area contributed by atoms with Crippen molar-refractivity contribution in [3.05, 3.63) is 17.6 Å². The van der Waals surface area contributed by atoms with Crippen LogP contribution in [0.3, 0.4) is 0 Å². The molecule has 0 spiro atoms. The molecule has 1 aromatic rings.